The first-order valence-corrected chi connectivity index (χ1v) is 9.73. The molecule has 0 spiro atoms. The first-order valence-electron chi connectivity index (χ1n) is 9.73. The summed E-state index contributed by atoms with van der Waals surface area (Å²) in [5.41, 5.74) is 1.23. The highest BCUT2D eigenvalue weighted by molar-refractivity contribution is 5.79. The summed E-state index contributed by atoms with van der Waals surface area (Å²) in [6.45, 7) is 3.08. The van der Waals surface area contributed by atoms with Crippen molar-refractivity contribution < 1.29 is 9.53 Å². The van der Waals surface area contributed by atoms with Gasteiger partial charge in [-0.1, -0.05) is 11.6 Å². The number of ether oxygens (including phenoxy) is 1. The first kappa shape index (κ1) is 15.6. The van der Waals surface area contributed by atoms with E-state index in [4.69, 9.17) is 9.72 Å². The van der Waals surface area contributed by atoms with Crippen molar-refractivity contribution in [3.63, 3.8) is 0 Å². The molecule has 0 aromatic carbocycles. The standard InChI is InChI=1S/C19H26N4O2/c24-17(9-12-5-7-25-8-6-12)23-10-15(13-1-2-13)16(11-23)19-20-18(21-22-19)14-3-4-14/h5,13-16H,1-4,6-11H2,(H,20,21,22)/t15-,16+/m1/s1. The van der Waals surface area contributed by atoms with E-state index in [1.54, 1.807) is 0 Å². The molecule has 2 saturated carbocycles. The summed E-state index contributed by atoms with van der Waals surface area (Å²) < 4.78 is 5.34. The maximum absolute atomic E-state index is 12.8. The number of carbonyl (C=O) groups is 1. The van der Waals surface area contributed by atoms with Crippen molar-refractivity contribution in [3.05, 3.63) is 23.3 Å². The summed E-state index contributed by atoms with van der Waals surface area (Å²) in [5, 5.41) is 7.63. The summed E-state index contributed by atoms with van der Waals surface area (Å²) >= 11 is 0. The summed E-state index contributed by atoms with van der Waals surface area (Å²) in [6.07, 6.45) is 8.56. The van der Waals surface area contributed by atoms with Crippen molar-refractivity contribution in [2.45, 2.75) is 50.4 Å². The van der Waals surface area contributed by atoms with Gasteiger partial charge < -0.3 is 9.64 Å². The van der Waals surface area contributed by atoms with Gasteiger partial charge in [-0.2, -0.15) is 5.10 Å². The van der Waals surface area contributed by atoms with Crippen LogP contribution in [-0.4, -0.2) is 52.3 Å². The van der Waals surface area contributed by atoms with E-state index in [2.05, 4.69) is 21.2 Å². The number of likely N-dealkylation sites (tertiary alicyclic amines) is 1. The van der Waals surface area contributed by atoms with Gasteiger partial charge in [-0.3, -0.25) is 9.89 Å². The number of aromatic nitrogens is 3. The van der Waals surface area contributed by atoms with Crippen molar-refractivity contribution in [3.8, 4) is 0 Å². The Kier molecular flexibility index (Phi) is 3.88. The zero-order valence-corrected chi connectivity index (χ0v) is 14.6. The van der Waals surface area contributed by atoms with Crippen molar-refractivity contribution in [1.82, 2.24) is 20.1 Å². The van der Waals surface area contributed by atoms with Crippen LogP contribution in [0.4, 0.5) is 0 Å². The van der Waals surface area contributed by atoms with Crippen molar-refractivity contribution in [2.24, 2.45) is 11.8 Å². The van der Waals surface area contributed by atoms with Crippen molar-refractivity contribution in [1.29, 1.82) is 0 Å². The molecular weight excluding hydrogens is 316 g/mol. The number of rotatable bonds is 5. The highest BCUT2D eigenvalue weighted by Crippen LogP contribution is 2.47. The van der Waals surface area contributed by atoms with Crippen LogP contribution in [0.2, 0.25) is 0 Å². The zero-order valence-electron chi connectivity index (χ0n) is 14.6. The second-order valence-corrected chi connectivity index (χ2v) is 8.12. The molecule has 5 rings (SSSR count). The smallest absolute Gasteiger partial charge is 0.226 e. The Morgan fingerprint density at radius 2 is 2.16 bits per heavy atom. The van der Waals surface area contributed by atoms with Crippen molar-refractivity contribution in [2.75, 3.05) is 26.3 Å². The third-order valence-electron chi connectivity index (χ3n) is 6.19. The molecule has 2 aliphatic carbocycles. The number of H-pyrrole nitrogens is 1. The van der Waals surface area contributed by atoms with Crippen LogP contribution in [0.25, 0.3) is 0 Å². The number of amides is 1. The van der Waals surface area contributed by atoms with Crippen LogP contribution in [0.1, 0.15) is 62.0 Å². The van der Waals surface area contributed by atoms with E-state index in [1.807, 2.05) is 0 Å². The van der Waals surface area contributed by atoms with E-state index in [0.717, 1.165) is 43.7 Å². The van der Waals surface area contributed by atoms with E-state index in [9.17, 15) is 4.79 Å². The summed E-state index contributed by atoms with van der Waals surface area (Å²) in [5.74, 6) is 4.49. The Labute approximate surface area is 148 Å². The fourth-order valence-corrected chi connectivity index (χ4v) is 4.33. The molecule has 0 unspecified atom stereocenters. The molecule has 6 heteroatoms. The third kappa shape index (κ3) is 3.24. The van der Waals surface area contributed by atoms with Crippen LogP contribution in [0.5, 0.6) is 0 Å². The van der Waals surface area contributed by atoms with Gasteiger partial charge in [0.25, 0.3) is 0 Å². The quantitative estimate of drug-likeness (QED) is 0.834. The Morgan fingerprint density at radius 1 is 1.28 bits per heavy atom. The molecule has 25 heavy (non-hydrogen) atoms. The Morgan fingerprint density at radius 3 is 2.88 bits per heavy atom. The second kappa shape index (κ2) is 6.24. The summed E-state index contributed by atoms with van der Waals surface area (Å²) in [6, 6.07) is 0. The molecular formula is C19H26N4O2. The number of nitrogens with one attached hydrogen (secondary N) is 1. The molecule has 3 fully saturated rings. The fraction of sp³-hybridized carbons (Fsp3) is 0.737. The number of hydrogen-bond acceptors (Lipinski definition) is 4. The van der Waals surface area contributed by atoms with Gasteiger partial charge in [-0.05, 0) is 43.9 Å². The lowest BCUT2D eigenvalue weighted by Gasteiger charge is -2.19. The molecule has 1 aromatic rings. The Hall–Kier alpha value is -1.69. The minimum atomic E-state index is 0.267. The molecule has 1 N–H and O–H groups in total. The molecule has 2 atom stereocenters. The molecule has 1 amide bonds. The molecule has 2 aliphatic heterocycles. The lowest BCUT2D eigenvalue weighted by Crippen LogP contribution is -2.29. The van der Waals surface area contributed by atoms with Gasteiger partial charge in [0.05, 0.1) is 13.2 Å². The fourth-order valence-electron chi connectivity index (χ4n) is 4.33. The van der Waals surface area contributed by atoms with Crippen LogP contribution in [0.3, 0.4) is 0 Å². The van der Waals surface area contributed by atoms with Gasteiger partial charge >= 0.3 is 0 Å². The van der Waals surface area contributed by atoms with E-state index in [0.29, 0.717) is 30.8 Å². The maximum Gasteiger partial charge on any atom is 0.226 e. The van der Waals surface area contributed by atoms with Gasteiger partial charge in [0.1, 0.15) is 5.82 Å². The van der Waals surface area contributed by atoms with Crippen LogP contribution >= 0.6 is 0 Å². The predicted octanol–water partition coefficient (Wildman–Crippen LogP) is 2.37. The molecule has 3 heterocycles. The highest BCUT2D eigenvalue weighted by atomic mass is 16.5. The Balaban J connectivity index is 1.29. The molecule has 4 aliphatic rings. The van der Waals surface area contributed by atoms with Gasteiger partial charge in [0.2, 0.25) is 5.91 Å². The minimum Gasteiger partial charge on any atom is -0.377 e. The monoisotopic (exact) mass is 342 g/mol. The Bertz CT molecular complexity index is 689. The topological polar surface area (TPSA) is 71.1 Å². The number of hydrogen-bond donors (Lipinski definition) is 1. The van der Waals surface area contributed by atoms with Crippen LogP contribution in [0.15, 0.2) is 11.6 Å². The maximum atomic E-state index is 12.8. The third-order valence-corrected chi connectivity index (χ3v) is 6.19. The second-order valence-electron chi connectivity index (χ2n) is 8.12. The molecule has 0 radical (unpaired) electrons. The van der Waals surface area contributed by atoms with Crippen LogP contribution in [0, 0.1) is 11.8 Å². The number of nitrogens with zero attached hydrogens (tertiary/aromatic N) is 3. The molecule has 0 bridgehead atoms. The van der Waals surface area contributed by atoms with Crippen molar-refractivity contribution >= 4 is 5.91 Å². The molecule has 1 saturated heterocycles. The van der Waals surface area contributed by atoms with E-state index in [-0.39, 0.29) is 5.91 Å². The molecule has 6 nitrogen and oxygen atoms in total. The van der Waals surface area contributed by atoms with Crippen LogP contribution < -0.4 is 0 Å². The SMILES string of the molecule is O=C(CC1=CCOCC1)N1C[C@H](c2nc(C3CC3)n[nH]2)[C@@H](C2CC2)C1. The lowest BCUT2D eigenvalue weighted by molar-refractivity contribution is -0.129. The number of carbonyl (C=O) groups excluding carboxylic acids is 1. The van der Waals surface area contributed by atoms with Gasteiger partial charge in [-0.15, -0.1) is 0 Å². The van der Waals surface area contributed by atoms with Gasteiger partial charge in [0.15, 0.2) is 5.82 Å². The molecule has 1 aromatic heterocycles. The molecule has 134 valence electrons. The van der Waals surface area contributed by atoms with Gasteiger partial charge in [0, 0.05) is 31.3 Å². The predicted molar refractivity (Wildman–Crippen MR) is 92.0 cm³/mol. The van der Waals surface area contributed by atoms with E-state index < -0.39 is 0 Å². The zero-order chi connectivity index (χ0) is 16.8. The average Bonchev–Trinajstić information content (AvgIpc) is 3.56. The van der Waals surface area contributed by atoms with E-state index >= 15 is 0 Å². The first-order chi connectivity index (χ1) is 12.3. The number of aromatic amines is 1. The lowest BCUT2D eigenvalue weighted by atomic mass is 9.91. The average molecular weight is 342 g/mol. The minimum absolute atomic E-state index is 0.267. The van der Waals surface area contributed by atoms with Gasteiger partial charge in [-0.25, -0.2) is 4.98 Å². The highest BCUT2D eigenvalue weighted by Gasteiger charge is 2.45. The summed E-state index contributed by atoms with van der Waals surface area (Å²) in [4.78, 5) is 19.7. The summed E-state index contributed by atoms with van der Waals surface area (Å²) in [7, 11) is 0. The largest absolute Gasteiger partial charge is 0.377 e. The normalized spacial score (nSPS) is 29.8. The van der Waals surface area contributed by atoms with E-state index in [1.165, 1.54) is 31.3 Å². The van der Waals surface area contributed by atoms with Crippen LogP contribution in [-0.2, 0) is 9.53 Å².